The van der Waals surface area contributed by atoms with Crippen molar-refractivity contribution < 1.29 is 8.90 Å². The van der Waals surface area contributed by atoms with Crippen LogP contribution in [0.15, 0.2) is 30.3 Å². The fourth-order valence-corrected chi connectivity index (χ4v) is 2.00. The number of Topliss-reactive ketones (excluding diaryl/α,β-unsaturated/α-hetero) is 1. The predicted octanol–water partition coefficient (Wildman–Crippen LogP) is 3.43. The minimum absolute atomic E-state index is 0.0452. The zero-order chi connectivity index (χ0) is 10.6. The highest BCUT2D eigenvalue weighted by Crippen LogP contribution is 2.15. The molecule has 0 fully saturated rings. The SMILES string of the molecule is C[Si](C)(F)CCC(=O)c1ccccc1. The van der Waals surface area contributed by atoms with Gasteiger partial charge < -0.3 is 4.11 Å². The van der Waals surface area contributed by atoms with Crippen LogP contribution in [0.2, 0.25) is 19.1 Å². The third-order valence-corrected chi connectivity index (χ3v) is 3.48. The van der Waals surface area contributed by atoms with Crippen LogP contribution < -0.4 is 0 Å². The monoisotopic (exact) mass is 210 g/mol. The van der Waals surface area contributed by atoms with Crippen LogP contribution in [-0.4, -0.2) is 14.2 Å². The number of halogens is 1. The molecule has 0 aliphatic carbocycles. The van der Waals surface area contributed by atoms with E-state index < -0.39 is 8.41 Å². The second-order valence-electron chi connectivity index (χ2n) is 4.01. The first-order valence-corrected chi connectivity index (χ1v) is 7.85. The van der Waals surface area contributed by atoms with Crippen molar-refractivity contribution in [2.75, 3.05) is 0 Å². The smallest absolute Gasteiger partial charge is 0.241 e. The second kappa shape index (κ2) is 4.51. The van der Waals surface area contributed by atoms with Crippen molar-refractivity contribution in [2.45, 2.75) is 25.6 Å². The maximum atomic E-state index is 13.3. The average Bonchev–Trinajstić information content (AvgIpc) is 2.14. The van der Waals surface area contributed by atoms with Crippen molar-refractivity contribution in [2.24, 2.45) is 0 Å². The molecule has 1 aromatic rings. The average molecular weight is 210 g/mol. The van der Waals surface area contributed by atoms with Crippen LogP contribution in [0.1, 0.15) is 16.8 Å². The van der Waals surface area contributed by atoms with Gasteiger partial charge >= 0.3 is 0 Å². The van der Waals surface area contributed by atoms with Crippen LogP contribution in [0.25, 0.3) is 0 Å². The topological polar surface area (TPSA) is 17.1 Å². The van der Waals surface area contributed by atoms with E-state index in [1.807, 2.05) is 18.2 Å². The molecule has 0 aliphatic heterocycles. The molecule has 0 spiro atoms. The molecule has 14 heavy (non-hydrogen) atoms. The molecule has 0 heterocycles. The Hall–Kier alpha value is -0.963. The van der Waals surface area contributed by atoms with Gasteiger partial charge in [-0.25, -0.2) is 0 Å². The molecule has 0 N–H and O–H groups in total. The summed E-state index contributed by atoms with van der Waals surface area (Å²) in [7, 11) is -2.57. The van der Waals surface area contributed by atoms with Gasteiger partial charge in [-0.3, -0.25) is 4.79 Å². The summed E-state index contributed by atoms with van der Waals surface area (Å²) < 4.78 is 13.3. The molecule has 0 saturated heterocycles. The number of hydrogen-bond acceptors (Lipinski definition) is 1. The highest BCUT2D eigenvalue weighted by molar-refractivity contribution is 6.70. The van der Waals surface area contributed by atoms with Crippen molar-refractivity contribution >= 4 is 14.2 Å². The highest BCUT2D eigenvalue weighted by atomic mass is 28.4. The fourth-order valence-electron chi connectivity index (χ4n) is 1.18. The Labute approximate surface area is 85.1 Å². The van der Waals surface area contributed by atoms with Crippen LogP contribution in [0.5, 0.6) is 0 Å². The zero-order valence-corrected chi connectivity index (χ0v) is 9.59. The molecular weight excluding hydrogens is 195 g/mol. The van der Waals surface area contributed by atoms with Gasteiger partial charge in [-0.15, -0.1) is 0 Å². The van der Waals surface area contributed by atoms with Crippen molar-refractivity contribution in [1.82, 2.24) is 0 Å². The Bertz CT molecular complexity index is 303. The first kappa shape index (κ1) is 11.1. The standard InChI is InChI=1S/C11H15FOSi/c1-14(2,12)9-8-11(13)10-6-4-3-5-7-10/h3-7H,8-9H2,1-2H3. The Kier molecular flexibility index (Phi) is 3.58. The molecule has 0 aliphatic rings. The minimum atomic E-state index is -2.57. The second-order valence-corrected chi connectivity index (χ2v) is 7.95. The Morgan fingerprint density at radius 2 is 1.86 bits per heavy atom. The van der Waals surface area contributed by atoms with E-state index in [4.69, 9.17) is 0 Å². The minimum Gasteiger partial charge on any atom is -0.314 e. The number of ketones is 1. The Morgan fingerprint density at radius 3 is 2.36 bits per heavy atom. The normalized spacial score (nSPS) is 11.4. The summed E-state index contributed by atoms with van der Waals surface area (Å²) in [4.78, 5) is 11.5. The lowest BCUT2D eigenvalue weighted by atomic mass is 10.1. The van der Waals surface area contributed by atoms with Crippen LogP contribution in [0.3, 0.4) is 0 Å². The van der Waals surface area contributed by atoms with Gasteiger partial charge in [-0.05, 0) is 19.1 Å². The summed E-state index contributed by atoms with van der Waals surface area (Å²) in [6.07, 6.45) is 0.333. The number of benzene rings is 1. The van der Waals surface area contributed by atoms with E-state index in [0.717, 1.165) is 0 Å². The van der Waals surface area contributed by atoms with Gasteiger partial charge in [-0.1, -0.05) is 30.3 Å². The first-order chi connectivity index (χ1) is 6.49. The largest absolute Gasteiger partial charge is 0.314 e. The van der Waals surface area contributed by atoms with Crippen molar-refractivity contribution in [3.05, 3.63) is 35.9 Å². The van der Waals surface area contributed by atoms with Crippen LogP contribution in [0, 0.1) is 0 Å². The summed E-state index contributed by atoms with van der Waals surface area (Å²) in [5.41, 5.74) is 0.686. The molecule has 0 amide bonds. The Morgan fingerprint density at radius 1 is 1.29 bits per heavy atom. The lowest BCUT2D eigenvalue weighted by molar-refractivity contribution is 0.0987. The van der Waals surface area contributed by atoms with Crippen LogP contribution in [0.4, 0.5) is 4.11 Å². The number of carbonyl (C=O) groups excluding carboxylic acids is 1. The van der Waals surface area contributed by atoms with Gasteiger partial charge in [0.1, 0.15) is 0 Å². The van der Waals surface area contributed by atoms with Gasteiger partial charge in [0.25, 0.3) is 0 Å². The van der Waals surface area contributed by atoms with Gasteiger partial charge in [0.15, 0.2) is 5.78 Å². The molecule has 0 bridgehead atoms. The molecule has 0 unspecified atom stereocenters. The molecule has 76 valence electrons. The number of carbonyl (C=O) groups is 1. The van der Waals surface area contributed by atoms with E-state index in [1.165, 1.54) is 0 Å². The highest BCUT2D eigenvalue weighted by Gasteiger charge is 2.21. The summed E-state index contributed by atoms with van der Waals surface area (Å²) in [5.74, 6) is 0.0452. The van der Waals surface area contributed by atoms with E-state index in [0.29, 0.717) is 18.0 Å². The van der Waals surface area contributed by atoms with Gasteiger partial charge in [-0.2, -0.15) is 0 Å². The van der Waals surface area contributed by atoms with Crippen molar-refractivity contribution in [3.8, 4) is 0 Å². The summed E-state index contributed by atoms with van der Waals surface area (Å²) >= 11 is 0. The summed E-state index contributed by atoms with van der Waals surface area (Å²) in [6, 6.07) is 9.48. The molecule has 0 aromatic heterocycles. The third-order valence-electron chi connectivity index (χ3n) is 2.04. The van der Waals surface area contributed by atoms with Gasteiger partial charge in [0, 0.05) is 12.0 Å². The molecule has 1 rings (SSSR count). The van der Waals surface area contributed by atoms with Crippen LogP contribution >= 0.6 is 0 Å². The van der Waals surface area contributed by atoms with E-state index >= 15 is 0 Å². The maximum Gasteiger partial charge on any atom is 0.241 e. The number of hydrogen-bond donors (Lipinski definition) is 0. The molecule has 3 heteroatoms. The quantitative estimate of drug-likeness (QED) is 0.423. The molecule has 1 aromatic carbocycles. The Balaban J connectivity index is 2.52. The lowest BCUT2D eigenvalue weighted by Gasteiger charge is -2.09. The molecule has 1 nitrogen and oxygen atoms in total. The lowest BCUT2D eigenvalue weighted by Crippen LogP contribution is -2.19. The van der Waals surface area contributed by atoms with Gasteiger partial charge in [0.2, 0.25) is 8.41 Å². The molecule has 0 radical (unpaired) electrons. The number of rotatable bonds is 4. The van der Waals surface area contributed by atoms with E-state index in [-0.39, 0.29) is 5.78 Å². The van der Waals surface area contributed by atoms with E-state index in [1.54, 1.807) is 25.2 Å². The predicted molar refractivity (Wildman–Crippen MR) is 58.8 cm³/mol. The third kappa shape index (κ3) is 3.83. The summed E-state index contributed by atoms with van der Waals surface area (Å²) in [6.45, 7) is 3.26. The van der Waals surface area contributed by atoms with E-state index in [9.17, 15) is 8.90 Å². The van der Waals surface area contributed by atoms with Crippen LogP contribution in [-0.2, 0) is 0 Å². The maximum absolute atomic E-state index is 13.3. The molecule has 0 atom stereocenters. The van der Waals surface area contributed by atoms with Crippen molar-refractivity contribution in [3.63, 3.8) is 0 Å². The van der Waals surface area contributed by atoms with Crippen molar-refractivity contribution in [1.29, 1.82) is 0 Å². The molecule has 0 saturated carbocycles. The fraction of sp³-hybridized carbons (Fsp3) is 0.364. The van der Waals surface area contributed by atoms with E-state index in [2.05, 4.69) is 0 Å². The molecular formula is C11H15FOSi. The van der Waals surface area contributed by atoms with Gasteiger partial charge in [0.05, 0.1) is 0 Å². The zero-order valence-electron chi connectivity index (χ0n) is 8.59. The first-order valence-electron chi connectivity index (χ1n) is 4.76. The summed E-state index contributed by atoms with van der Waals surface area (Å²) in [5, 5.41) is 0.